The average molecular weight is 328 g/mol. The summed E-state index contributed by atoms with van der Waals surface area (Å²) in [6.45, 7) is 4.36. The lowest BCUT2D eigenvalue weighted by atomic mass is 9.89. The number of nitrogens with zero attached hydrogens (tertiary/aromatic N) is 1. The number of benzene rings is 1. The zero-order valence-corrected chi connectivity index (χ0v) is 13.0. The van der Waals surface area contributed by atoms with Crippen LogP contribution in [-0.2, 0) is 11.0 Å². The summed E-state index contributed by atoms with van der Waals surface area (Å²) in [7, 11) is 0. The molecule has 1 unspecified atom stereocenters. The molecule has 23 heavy (non-hydrogen) atoms. The molecule has 1 heterocycles. The Kier molecular flexibility index (Phi) is 4.68. The number of hydrogen-bond acceptors (Lipinski definition) is 2. The van der Waals surface area contributed by atoms with Gasteiger partial charge in [-0.15, -0.1) is 0 Å². The van der Waals surface area contributed by atoms with Crippen LogP contribution in [0.4, 0.5) is 13.2 Å². The Morgan fingerprint density at radius 1 is 1.30 bits per heavy atom. The molecule has 1 atom stereocenters. The summed E-state index contributed by atoms with van der Waals surface area (Å²) < 4.78 is 39.1. The lowest BCUT2D eigenvalue weighted by Gasteiger charge is -2.24. The highest BCUT2D eigenvalue weighted by Gasteiger charge is 2.43. The number of hydrogen-bond donors (Lipinski definition) is 1. The van der Waals surface area contributed by atoms with Crippen LogP contribution in [0.15, 0.2) is 24.3 Å². The summed E-state index contributed by atoms with van der Waals surface area (Å²) in [4.78, 5) is 25.9. The van der Waals surface area contributed by atoms with Crippen LogP contribution in [0.25, 0.3) is 0 Å². The van der Waals surface area contributed by atoms with Crippen molar-refractivity contribution >= 4 is 11.8 Å². The van der Waals surface area contributed by atoms with Crippen molar-refractivity contribution in [1.29, 1.82) is 0 Å². The molecule has 7 heteroatoms. The van der Waals surface area contributed by atoms with Gasteiger partial charge in [0.05, 0.1) is 16.5 Å². The molecule has 1 N–H and O–H groups in total. The van der Waals surface area contributed by atoms with Gasteiger partial charge in [-0.3, -0.25) is 9.59 Å². The van der Waals surface area contributed by atoms with Crippen molar-refractivity contribution in [2.24, 2.45) is 5.41 Å². The highest BCUT2D eigenvalue weighted by Crippen LogP contribution is 2.35. The third kappa shape index (κ3) is 3.48. The zero-order valence-electron chi connectivity index (χ0n) is 13.0. The van der Waals surface area contributed by atoms with Gasteiger partial charge in [0, 0.05) is 19.6 Å². The molecule has 1 aromatic rings. The predicted octanol–water partition coefficient (Wildman–Crippen LogP) is 2.69. The molecule has 0 saturated carbocycles. The molecule has 1 aromatic carbocycles. The molecule has 1 aliphatic heterocycles. The lowest BCUT2D eigenvalue weighted by Crippen LogP contribution is -2.42. The lowest BCUT2D eigenvalue weighted by molar-refractivity contribution is -0.138. The maximum atomic E-state index is 13.0. The Balaban J connectivity index is 2.22. The second-order valence-electron chi connectivity index (χ2n) is 5.94. The van der Waals surface area contributed by atoms with Crippen LogP contribution in [0.2, 0.25) is 0 Å². The maximum Gasteiger partial charge on any atom is 0.417 e. The summed E-state index contributed by atoms with van der Waals surface area (Å²) in [6, 6.07) is 4.73. The van der Waals surface area contributed by atoms with Gasteiger partial charge in [-0.2, -0.15) is 13.2 Å². The Hall–Kier alpha value is -2.05. The van der Waals surface area contributed by atoms with Gasteiger partial charge in [-0.25, -0.2) is 0 Å². The molecule has 2 amide bonds. The molecule has 0 radical (unpaired) electrons. The third-order valence-corrected chi connectivity index (χ3v) is 4.11. The van der Waals surface area contributed by atoms with Crippen molar-refractivity contribution in [2.45, 2.75) is 26.4 Å². The van der Waals surface area contributed by atoms with Crippen LogP contribution in [0.5, 0.6) is 0 Å². The SMILES string of the molecule is CCNC(=O)C1(C)CCN(C(=O)c2ccccc2C(F)(F)F)C1. The van der Waals surface area contributed by atoms with Gasteiger partial charge < -0.3 is 10.2 Å². The van der Waals surface area contributed by atoms with Crippen molar-refractivity contribution in [3.05, 3.63) is 35.4 Å². The van der Waals surface area contributed by atoms with Gasteiger partial charge >= 0.3 is 6.18 Å². The van der Waals surface area contributed by atoms with Gasteiger partial charge in [0.25, 0.3) is 5.91 Å². The molecule has 2 rings (SSSR count). The normalized spacial score (nSPS) is 21.3. The molecule has 1 aliphatic rings. The van der Waals surface area contributed by atoms with Gasteiger partial charge in [0.15, 0.2) is 0 Å². The number of rotatable bonds is 3. The number of halogens is 3. The molecule has 0 bridgehead atoms. The molecule has 0 spiro atoms. The van der Waals surface area contributed by atoms with E-state index < -0.39 is 23.1 Å². The molecule has 0 aliphatic carbocycles. The highest BCUT2D eigenvalue weighted by molar-refractivity contribution is 5.97. The zero-order chi connectivity index (χ0) is 17.3. The van der Waals surface area contributed by atoms with Gasteiger partial charge in [0.1, 0.15) is 0 Å². The fourth-order valence-electron chi connectivity index (χ4n) is 2.78. The first-order valence-electron chi connectivity index (χ1n) is 7.43. The fraction of sp³-hybridized carbons (Fsp3) is 0.500. The number of carbonyl (C=O) groups is 2. The van der Waals surface area contributed by atoms with E-state index >= 15 is 0 Å². The largest absolute Gasteiger partial charge is 0.417 e. The van der Waals surface area contributed by atoms with E-state index in [0.717, 1.165) is 6.07 Å². The Morgan fingerprint density at radius 3 is 2.57 bits per heavy atom. The van der Waals surface area contributed by atoms with E-state index in [4.69, 9.17) is 0 Å². The van der Waals surface area contributed by atoms with Crippen LogP contribution < -0.4 is 5.32 Å². The summed E-state index contributed by atoms with van der Waals surface area (Å²) in [5.41, 5.74) is -2.09. The Morgan fingerprint density at radius 2 is 1.96 bits per heavy atom. The predicted molar refractivity (Wildman–Crippen MR) is 78.8 cm³/mol. The standard InChI is InChI=1S/C16H19F3N2O2/c1-3-20-14(23)15(2)8-9-21(10-15)13(22)11-6-4-5-7-12(11)16(17,18)19/h4-7H,3,8-10H2,1-2H3,(H,20,23). The van der Waals surface area contributed by atoms with Crippen LogP contribution in [0, 0.1) is 5.41 Å². The highest BCUT2D eigenvalue weighted by atomic mass is 19.4. The minimum Gasteiger partial charge on any atom is -0.356 e. The first kappa shape index (κ1) is 17.3. The second-order valence-corrected chi connectivity index (χ2v) is 5.94. The van der Waals surface area contributed by atoms with E-state index in [1.807, 2.05) is 0 Å². The summed E-state index contributed by atoms with van der Waals surface area (Å²) in [5, 5.41) is 2.71. The van der Waals surface area contributed by atoms with Gasteiger partial charge in [-0.1, -0.05) is 12.1 Å². The second kappa shape index (κ2) is 6.22. The Bertz CT molecular complexity index is 616. The summed E-state index contributed by atoms with van der Waals surface area (Å²) in [6.07, 6.45) is -4.16. The molecule has 126 valence electrons. The summed E-state index contributed by atoms with van der Waals surface area (Å²) >= 11 is 0. The minimum atomic E-state index is -4.59. The summed E-state index contributed by atoms with van der Waals surface area (Å²) in [5.74, 6) is -0.870. The Labute approximate surface area is 132 Å². The van der Waals surface area contributed by atoms with E-state index in [1.54, 1.807) is 13.8 Å². The minimum absolute atomic E-state index is 0.115. The third-order valence-electron chi connectivity index (χ3n) is 4.11. The van der Waals surface area contributed by atoms with E-state index in [1.165, 1.54) is 23.1 Å². The van der Waals surface area contributed by atoms with E-state index in [9.17, 15) is 22.8 Å². The molecule has 1 saturated heterocycles. The molecule has 4 nitrogen and oxygen atoms in total. The maximum absolute atomic E-state index is 13.0. The molecule has 0 aromatic heterocycles. The molecular formula is C16H19F3N2O2. The smallest absolute Gasteiger partial charge is 0.356 e. The van der Waals surface area contributed by atoms with Crippen LogP contribution >= 0.6 is 0 Å². The molecule has 1 fully saturated rings. The van der Waals surface area contributed by atoms with Crippen LogP contribution in [0.1, 0.15) is 36.2 Å². The number of nitrogens with one attached hydrogen (secondary N) is 1. The number of amides is 2. The van der Waals surface area contributed by atoms with Crippen molar-refractivity contribution in [2.75, 3.05) is 19.6 Å². The van der Waals surface area contributed by atoms with E-state index in [-0.39, 0.29) is 24.6 Å². The number of carbonyl (C=O) groups excluding carboxylic acids is 2. The van der Waals surface area contributed by atoms with Crippen molar-refractivity contribution in [3.63, 3.8) is 0 Å². The van der Waals surface area contributed by atoms with Crippen LogP contribution in [-0.4, -0.2) is 36.3 Å². The van der Waals surface area contributed by atoms with E-state index in [2.05, 4.69) is 5.32 Å². The van der Waals surface area contributed by atoms with Crippen molar-refractivity contribution < 1.29 is 22.8 Å². The first-order chi connectivity index (χ1) is 10.7. The van der Waals surface area contributed by atoms with Gasteiger partial charge in [0.2, 0.25) is 5.91 Å². The fourth-order valence-corrected chi connectivity index (χ4v) is 2.78. The topological polar surface area (TPSA) is 49.4 Å². The van der Waals surface area contributed by atoms with Gasteiger partial charge in [-0.05, 0) is 32.4 Å². The molecular weight excluding hydrogens is 309 g/mol. The number of likely N-dealkylation sites (tertiary alicyclic amines) is 1. The van der Waals surface area contributed by atoms with E-state index in [0.29, 0.717) is 13.0 Å². The van der Waals surface area contributed by atoms with Crippen LogP contribution in [0.3, 0.4) is 0 Å². The first-order valence-corrected chi connectivity index (χ1v) is 7.43. The van der Waals surface area contributed by atoms with Crippen molar-refractivity contribution in [1.82, 2.24) is 10.2 Å². The average Bonchev–Trinajstić information content (AvgIpc) is 2.90. The monoisotopic (exact) mass is 328 g/mol. The van der Waals surface area contributed by atoms with Crippen molar-refractivity contribution in [3.8, 4) is 0 Å². The number of alkyl halides is 3. The quantitative estimate of drug-likeness (QED) is 0.927.